The number of alkyl halides is 3. The van der Waals surface area contributed by atoms with Crippen LogP contribution in [0.15, 0.2) is 24.3 Å². The maximum Gasteiger partial charge on any atom is 0.416 e. The molecule has 2 rings (SSSR count). The van der Waals surface area contributed by atoms with Crippen molar-refractivity contribution < 1.29 is 27.4 Å². The largest absolute Gasteiger partial charge is 0.484 e. The molecule has 1 aromatic carbocycles. The number of amides is 1. The first kappa shape index (κ1) is 14.6. The summed E-state index contributed by atoms with van der Waals surface area (Å²) in [5.74, 6) is 0.0350. The molecule has 0 aromatic heterocycles. The van der Waals surface area contributed by atoms with Crippen molar-refractivity contribution in [3.63, 3.8) is 0 Å². The van der Waals surface area contributed by atoms with Crippen LogP contribution in [0.3, 0.4) is 0 Å². The van der Waals surface area contributed by atoms with E-state index in [1.807, 2.05) is 0 Å². The zero-order valence-corrected chi connectivity index (χ0v) is 10.7. The molecule has 1 aliphatic rings. The van der Waals surface area contributed by atoms with Crippen molar-refractivity contribution in [2.24, 2.45) is 0 Å². The van der Waals surface area contributed by atoms with Crippen LogP contribution < -0.4 is 4.74 Å². The molecule has 1 saturated heterocycles. The smallest absolute Gasteiger partial charge is 0.416 e. The fraction of sp³-hybridized carbons (Fsp3) is 0.462. The summed E-state index contributed by atoms with van der Waals surface area (Å²) in [6.07, 6.45) is -4.37. The van der Waals surface area contributed by atoms with Crippen molar-refractivity contribution in [1.82, 2.24) is 4.90 Å². The second-order valence-corrected chi connectivity index (χ2v) is 4.30. The lowest BCUT2D eigenvalue weighted by molar-refractivity contribution is -0.138. The molecule has 1 amide bonds. The third-order valence-electron chi connectivity index (χ3n) is 2.91. The average Bonchev–Trinajstić information content (AvgIpc) is 2.45. The SMILES string of the molecule is O=C(COc1ccc(C(F)(F)F)cc1)N1CCOCC1. The minimum Gasteiger partial charge on any atom is -0.484 e. The number of halogens is 3. The number of carbonyl (C=O) groups is 1. The lowest BCUT2D eigenvalue weighted by Gasteiger charge is -2.26. The molecule has 0 saturated carbocycles. The van der Waals surface area contributed by atoms with Gasteiger partial charge >= 0.3 is 6.18 Å². The summed E-state index contributed by atoms with van der Waals surface area (Å²) < 4.78 is 47.4. The maximum absolute atomic E-state index is 12.4. The van der Waals surface area contributed by atoms with Gasteiger partial charge in [0, 0.05) is 13.1 Å². The molecule has 1 heterocycles. The Morgan fingerprint density at radius 1 is 1.20 bits per heavy atom. The zero-order chi connectivity index (χ0) is 14.6. The molecule has 7 heteroatoms. The van der Waals surface area contributed by atoms with Crippen LogP contribution in [0.1, 0.15) is 5.56 Å². The van der Waals surface area contributed by atoms with Gasteiger partial charge in [0.2, 0.25) is 0 Å². The van der Waals surface area contributed by atoms with Crippen molar-refractivity contribution in [2.45, 2.75) is 6.18 Å². The molecule has 0 aliphatic carbocycles. The lowest BCUT2D eigenvalue weighted by Crippen LogP contribution is -2.42. The van der Waals surface area contributed by atoms with Gasteiger partial charge in [-0.1, -0.05) is 0 Å². The van der Waals surface area contributed by atoms with Gasteiger partial charge < -0.3 is 14.4 Å². The highest BCUT2D eigenvalue weighted by Crippen LogP contribution is 2.30. The minimum absolute atomic E-state index is 0.189. The number of nitrogens with zero attached hydrogens (tertiary/aromatic N) is 1. The minimum atomic E-state index is -4.37. The fourth-order valence-electron chi connectivity index (χ4n) is 1.79. The monoisotopic (exact) mass is 289 g/mol. The van der Waals surface area contributed by atoms with Crippen molar-refractivity contribution in [3.05, 3.63) is 29.8 Å². The Bertz CT molecular complexity index is 453. The van der Waals surface area contributed by atoms with E-state index < -0.39 is 11.7 Å². The van der Waals surface area contributed by atoms with E-state index in [1.165, 1.54) is 12.1 Å². The summed E-state index contributed by atoms with van der Waals surface area (Å²) in [6, 6.07) is 4.26. The van der Waals surface area contributed by atoms with E-state index >= 15 is 0 Å². The molecule has 1 aliphatic heterocycles. The van der Waals surface area contributed by atoms with Gasteiger partial charge in [-0.3, -0.25) is 4.79 Å². The normalized spacial score (nSPS) is 16.1. The van der Waals surface area contributed by atoms with E-state index in [9.17, 15) is 18.0 Å². The summed E-state index contributed by atoms with van der Waals surface area (Å²) in [4.78, 5) is 13.4. The standard InChI is InChI=1S/C13H14F3NO3/c14-13(15,16)10-1-3-11(4-2-10)20-9-12(18)17-5-7-19-8-6-17/h1-4H,5-9H2. The first-order chi connectivity index (χ1) is 9.47. The molecule has 0 bridgehead atoms. The van der Waals surface area contributed by atoms with Crippen LogP contribution in [0.4, 0.5) is 13.2 Å². The van der Waals surface area contributed by atoms with Gasteiger partial charge in [0.15, 0.2) is 6.61 Å². The number of hydrogen-bond donors (Lipinski definition) is 0. The van der Waals surface area contributed by atoms with Crippen LogP contribution in [-0.2, 0) is 15.7 Å². The van der Waals surface area contributed by atoms with Gasteiger partial charge in [0.1, 0.15) is 5.75 Å². The first-order valence-electron chi connectivity index (χ1n) is 6.12. The van der Waals surface area contributed by atoms with Crippen LogP contribution in [0.2, 0.25) is 0 Å². The van der Waals surface area contributed by atoms with E-state index in [4.69, 9.17) is 9.47 Å². The molecule has 0 atom stereocenters. The highest BCUT2D eigenvalue weighted by atomic mass is 19.4. The number of carbonyl (C=O) groups excluding carboxylic acids is 1. The van der Waals surface area contributed by atoms with E-state index in [0.29, 0.717) is 26.3 Å². The summed E-state index contributed by atoms with van der Waals surface area (Å²) in [6.45, 7) is 1.81. The van der Waals surface area contributed by atoms with Gasteiger partial charge in [-0.2, -0.15) is 13.2 Å². The summed E-state index contributed by atoms with van der Waals surface area (Å²) >= 11 is 0. The molecule has 4 nitrogen and oxygen atoms in total. The van der Waals surface area contributed by atoms with Crippen LogP contribution in [-0.4, -0.2) is 43.7 Å². The van der Waals surface area contributed by atoms with E-state index in [2.05, 4.69) is 0 Å². The number of rotatable bonds is 3. The van der Waals surface area contributed by atoms with E-state index in [0.717, 1.165) is 12.1 Å². The van der Waals surface area contributed by atoms with Crippen molar-refractivity contribution in [3.8, 4) is 5.75 Å². The average molecular weight is 289 g/mol. The number of ether oxygens (including phenoxy) is 2. The molecule has 20 heavy (non-hydrogen) atoms. The molecular weight excluding hydrogens is 275 g/mol. The van der Waals surface area contributed by atoms with Crippen molar-refractivity contribution >= 4 is 5.91 Å². The van der Waals surface area contributed by atoms with Crippen LogP contribution >= 0.6 is 0 Å². The van der Waals surface area contributed by atoms with Crippen LogP contribution in [0, 0.1) is 0 Å². The third kappa shape index (κ3) is 3.86. The second-order valence-electron chi connectivity index (χ2n) is 4.30. The van der Waals surface area contributed by atoms with Gasteiger partial charge in [-0.15, -0.1) is 0 Å². The Labute approximate surface area is 114 Å². The molecular formula is C13H14F3NO3. The van der Waals surface area contributed by atoms with E-state index in [1.54, 1.807) is 4.90 Å². The van der Waals surface area contributed by atoms with Gasteiger partial charge in [0.05, 0.1) is 18.8 Å². The lowest BCUT2D eigenvalue weighted by atomic mass is 10.2. The first-order valence-corrected chi connectivity index (χ1v) is 6.12. The van der Waals surface area contributed by atoms with Crippen LogP contribution in [0.5, 0.6) is 5.75 Å². The Morgan fingerprint density at radius 3 is 2.35 bits per heavy atom. The Morgan fingerprint density at radius 2 is 1.80 bits per heavy atom. The van der Waals surface area contributed by atoms with Gasteiger partial charge in [-0.25, -0.2) is 0 Å². The Kier molecular flexibility index (Phi) is 4.49. The third-order valence-corrected chi connectivity index (χ3v) is 2.91. The quantitative estimate of drug-likeness (QED) is 0.853. The van der Waals surface area contributed by atoms with Gasteiger partial charge in [-0.05, 0) is 24.3 Å². The van der Waals surface area contributed by atoms with E-state index in [-0.39, 0.29) is 18.3 Å². The van der Waals surface area contributed by atoms with Crippen molar-refractivity contribution in [1.29, 1.82) is 0 Å². The maximum atomic E-state index is 12.4. The summed E-state index contributed by atoms with van der Waals surface area (Å²) in [5.41, 5.74) is -0.746. The number of hydrogen-bond acceptors (Lipinski definition) is 3. The molecule has 1 fully saturated rings. The highest BCUT2D eigenvalue weighted by molar-refractivity contribution is 5.77. The molecule has 0 unspecified atom stereocenters. The number of benzene rings is 1. The second kappa shape index (κ2) is 6.13. The molecule has 1 aromatic rings. The zero-order valence-electron chi connectivity index (χ0n) is 10.7. The molecule has 0 spiro atoms. The Hall–Kier alpha value is -1.76. The molecule has 0 N–H and O–H groups in total. The molecule has 110 valence electrons. The summed E-state index contributed by atoms with van der Waals surface area (Å²) in [5, 5.41) is 0. The Balaban J connectivity index is 1.86. The topological polar surface area (TPSA) is 38.8 Å². The number of morpholine rings is 1. The highest BCUT2D eigenvalue weighted by Gasteiger charge is 2.30. The predicted octanol–water partition coefficient (Wildman–Crippen LogP) is 1.94. The van der Waals surface area contributed by atoms with Crippen LogP contribution in [0.25, 0.3) is 0 Å². The summed E-state index contributed by atoms with van der Waals surface area (Å²) in [7, 11) is 0. The van der Waals surface area contributed by atoms with Gasteiger partial charge in [0.25, 0.3) is 5.91 Å². The molecule has 0 radical (unpaired) electrons. The van der Waals surface area contributed by atoms with Crippen molar-refractivity contribution in [2.75, 3.05) is 32.9 Å². The fourth-order valence-corrected chi connectivity index (χ4v) is 1.79. The predicted molar refractivity (Wildman–Crippen MR) is 64.3 cm³/mol.